The van der Waals surface area contributed by atoms with Gasteiger partial charge < -0.3 is 4.74 Å². The Labute approximate surface area is 207 Å². The SMILES string of the molecule is COc1ccc(CSc2n[nH]c(NS(=O)(=O)c3cccc4ccccc34)c2-c2ccccn2)cc1. The molecule has 0 saturated heterocycles. The number of thioether (sulfide) groups is 1. The highest BCUT2D eigenvalue weighted by Crippen LogP contribution is 2.37. The van der Waals surface area contributed by atoms with Crippen molar-refractivity contribution < 1.29 is 13.2 Å². The van der Waals surface area contributed by atoms with Crippen LogP contribution in [0.2, 0.25) is 0 Å². The number of sulfonamides is 1. The molecule has 3 aromatic carbocycles. The maximum absolute atomic E-state index is 13.5. The van der Waals surface area contributed by atoms with E-state index in [-0.39, 0.29) is 10.7 Å². The molecule has 0 fully saturated rings. The third-order valence-electron chi connectivity index (χ3n) is 5.46. The number of nitrogens with one attached hydrogen (secondary N) is 2. The zero-order valence-electron chi connectivity index (χ0n) is 18.8. The van der Waals surface area contributed by atoms with Crippen molar-refractivity contribution in [3.8, 4) is 17.0 Å². The zero-order chi connectivity index (χ0) is 24.3. The summed E-state index contributed by atoms with van der Waals surface area (Å²) in [5.74, 6) is 1.70. The van der Waals surface area contributed by atoms with E-state index in [1.54, 1.807) is 31.5 Å². The fraction of sp³-hybridized carbons (Fsp3) is 0.0769. The summed E-state index contributed by atoms with van der Waals surface area (Å²) < 4.78 is 34.8. The fourth-order valence-corrected chi connectivity index (χ4v) is 5.96. The average Bonchev–Trinajstić information content (AvgIpc) is 3.29. The van der Waals surface area contributed by atoms with Crippen molar-refractivity contribution in [3.05, 3.63) is 96.7 Å². The summed E-state index contributed by atoms with van der Waals surface area (Å²) in [5, 5.41) is 9.45. The van der Waals surface area contributed by atoms with Gasteiger partial charge in [-0.15, -0.1) is 0 Å². The maximum atomic E-state index is 13.5. The molecule has 0 bridgehead atoms. The lowest BCUT2D eigenvalue weighted by molar-refractivity contribution is 0.414. The molecule has 2 heterocycles. The second kappa shape index (κ2) is 9.81. The van der Waals surface area contributed by atoms with Crippen LogP contribution in [0.3, 0.4) is 0 Å². The second-order valence-corrected chi connectivity index (χ2v) is 10.3. The van der Waals surface area contributed by atoms with Gasteiger partial charge in [0, 0.05) is 17.3 Å². The van der Waals surface area contributed by atoms with Crippen LogP contribution in [0, 0.1) is 0 Å². The second-order valence-electron chi connectivity index (χ2n) is 7.71. The number of anilines is 1. The molecular formula is C26H22N4O3S2. The van der Waals surface area contributed by atoms with E-state index < -0.39 is 10.0 Å². The Morgan fingerprint density at radius 1 is 0.943 bits per heavy atom. The van der Waals surface area contributed by atoms with Gasteiger partial charge in [0.1, 0.15) is 16.6 Å². The molecule has 7 nitrogen and oxygen atoms in total. The van der Waals surface area contributed by atoms with Gasteiger partial charge in [0.2, 0.25) is 0 Å². The number of aromatic nitrogens is 3. The zero-order valence-corrected chi connectivity index (χ0v) is 20.4. The smallest absolute Gasteiger partial charge is 0.263 e. The molecule has 35 heavy (non-hydrogen) atoms. The molecule has 0 aliphatic rings. The van der Waals surface area contributed by atoms with Crippen LogP contribution in [0.15, 0.2) is 101 Å². The van der Waals surface area contributed by atoms with Gasteiger partial charge >= 0.3 is 0 Å². The minimum absolute atomic E-state index is 0.199. The van der Waals surface area contributed by atoms with Crippen molar-refractivity contribution in [2.75, 3.05) is 11.8 Å². The van der Waals surface area contributed by atoms with E-state index in [1.807, 2.05) is 66.7 Å². The van der Waals surface area contributed by atoms with Gasteiger partial charge in [-0.1, -0.05) is 66.4 Å². The van der Waals surface area contributed by atoms with E-state index in [9.17, 15) is 8.42 Å². The van der Waals surface area contributed by atoms with Crippen LogP contribution in [0.25, 0.3) is 22.0 Å². The predicted molar refractivity (Wildman–Crippen MR) is 139 cm³/mol. The number of nitrogens with zero attached hydrogens (tertiary/aromatic N) is 2. The molecule has 2 N–H and O–H groups in total. The van der Waals surface area contributed by atoms with Crippen molar-refractivity contribution in [2.45, 2.75) is 15.7 Å². The molecule has 0 aliphatic heterocycles. The first-order valence-corrected chi connectivity index (χ1v) is 13.3. The van der Waals surface area contributed by atoms with Crippen molar-refractivity contribution in [1.82, 2.24) is 15.2 Å². The number of pyridine rings is 1. The average molecular weight is 503 g/mol. The van der Waals surface area contributed by atoms with E-state index in [0.717, 1.165) is 16.7 Å². The summed E-state index contributed by atoms with van der Waals surface area (Å²) in [5.41, 5.74) is 2.31. The molecule has 0 amide bonds. The molecule has 176 valence electrons. The molecule has 9 heteroatoms. The summed E-state index contributed by atoms with van der Waals surface area (Å²) in [6, 6.07) is 25.9. The van der Waals surface area contributed by atoms with Gasteiger partial charge in [-0.05, 0) is 41.3 Å². The van der Waals surface area contributed by atoms with Crippen LogP contribution in [0.5, 0.6) is 5.75 Å². The molecular weight excluding hydrogens is 480 g/mol. The Hall–Kier alpha value is -3.82. The highest BCUT2D eigenvalue weighted by molar-refractivity contribution is 7.98. The van der Waals surface area contributed by atoms with Gasteiger partial charge in [-0.25, -0.2) is 8.42 Å². The van der Waals surface area contributed by atoms with Crippen LogP contribution < -0.4 is 9.46 Å². The number of rotatable bonds is 8. The summed E-state index contributed by atoms with van der Waals surface area (Å²) in [4.78, 5) is 4.65. The standard InChI is InChI=1S/C26H22N4O3S2/c1-33-20-14-12-18(13-15-20)17-34-26-24(22-10-4-5-16-27-22)25(28-29-26)30-35(31,32)23-11-6-8-19-7-2-3-9-21(19)23/h2-16H,17H2,1H3,(H2,28,29,30). The number of ether oxygens (including phenoxy) is 1. The molecule has 0 spiro atoms. The number of H-pyrrole nitrogens is 1. The third-order valence-corrected chi connectivity index (χ3v) is 7.92. The van der Waals surface area contributed by atoms with Crippen LogP contribution in [-0.2, 0) is 15.8 Å². The van der Waals surface area contributed by atoms with Gasteiger partial charge in [0.25, 0.3) is 10.0 Å². The molecule has 0 saturated carbocycles. The quantitative estimate of drug-likeness (QED) is 0.263. The van der Waals surface area contributed by atoms with Crippen molar-refractivity contribution in [1.29, 1.82) is 0 Å². The lowest BCUT2D eigenvalue weighted by atomic mass is 10.1. The topological polar surface area (TPSA) is 97.0 Å². The Kier molecular flexibility index (Phi) is 6.43. The van der Waals surface area contributed by atoms with Gasteiger partial charge in [-0.3, -0.25) is 14.8 Å². The number of fused-ring (bicyclic) bond motifs is 1. The van der Waals surface area contributed by atoms with E-state index in [0.29, 0.717) is 27.4 Å². The molecule has 5 rings (SSSR count). The monoisotopic (exact) mass is 502 g/mol. The molecule has 0 unspecified atom stereocenters. The molecule has 0 aliphatic carbocycles. The first-order valence-electron chi connectivity index (χ1n) is 10.8. The van der Waals surface area contributed by atoms with E-state index in [1.165, 1.54) is 11.8 Å². The van der Waals surface area contributed by atoms with Crippen LogP contribution in [-0.4, -0.2) is 30.7 Å². The Balaban J connectivity index is 1.49. The normalized spacial score (nSPS) is 11.5. The lowest BCUT2D eigenvalue weighted by Gasteiger charge is -2.11. The predicted octanol–water partition coefficient (Wildman–Crippen LogP) is 5.73. The Bertz CT molecular complexity index is 1560. The maximum Gasteiger partial charge on any atom is 0.263 e. The number of aromatic amines is 1. The van der Waals surface area contributed by atoms with E-state index in [4.69, 9.17) is 4.74 Å². The molecule has 0 atom stereocenters. The van der Waals surface area contributed by atoms with Crippen LogP contribution in [0.1, 0.15) is 5.56 Å². The lowest BCUT2D eigenvalue weighted by Crippen LogP contribution is -2.14. The minimum atomic E-state index is -3.90. The third kappa shape index (κ3) is 4.87. The highest BCUT2D eigenvalue weighted by Gasteiger charge is 2.23. The largest absolute Gasteiger partial charge is 0.497 e. The summed E-state index contributed by atoms with van der Waals surface area (Å²) in [6.07, 6.45) is 1.67. The highest BCUT2D eigenvalue weighted by atomic mass is 32.2. The van der Waals surface area contributed by atoms with E-state index >= 15 is 0 Å². The first-order chi connectivity index (χ1) is 17.0. The minimum Gasteiger partial charge on any atom is -0.497 e. The van der Waals surface area contributed by atoms with Crippen molar-refractivity contribution >= 4 is 38.4 Å². The van der Waals surface area contributed by atoms with Crippen molar-refractivity contribution in [2.24, 2.45) is 0 Å². The van der Waals surface area contributed by atoms with Gasteiger partial charge in [-0.2, -0.15) is 5.10 Å². The van der Waals surface area contributed by atoms with Crippen molar-refractivity contribution in [3.63, 3.8) is 0 Å². The summed E-state index contributed by atoms with van der Waals surface area (Å²) in [7, 11) is -2.27. The molecule has 2 aromatic heterocycles. The van der Waals surface area contributed by atoms with Gasteiger partial charge in [0.15, 0.2) is 0 Å². The van der Waals surface area contributed by atoms with Crippen LogP contribution in [0.4, 0.5) is 5.82 Å². The number of benzene rings is 3. The number of hydrogen-bond donors (Lipinski definition) is 2. The molecule has 5 aromatic rings. The summed E-state index contributed by atoms with van der Waals surface area (Å²) >= 11 is 1.50. The molecule has 0 radical (unpaired) electrons. The number of hydrogen-bond acceptors (Lipinski definition) is 6. The first kappa shape index (κ1) is 22.9. The number of methoxy groups -OCH3 is 1. The van der Waals surface area contributed by atoms with E-state index in [2.05, 4.69) is 19.9 Å². The Morgan fingerprint density at radius 2 is 1.71 bits per heavy atom. The Morgan fingerprint density at radius 3 is 2.49 bits per heavy atom. The fourth-order valence-electron chi connectivity index (χ4n) is 3.74. The summed E-state index contributed by atoms with van der Waals surface area (Å²) in [6.45, 7) is 0. The van der Waals surface area contributed by atoms with Crippen LogP contribution >= 0.6 is 11.8 Å². The van der Waals surface area contributed by atoms with Gasteiger partial charge in [0.05, 0.1) is 23.3 Å².